The van der Waals surface area contributed by atoms with Crippen molar-refractivity contribution < 1.29 is 9.47 Å². The van der Waals surface area contributed by atoms with Crippen LogP contribution in [0, 0.1) is 0 Å². The summed E-state index contributed by atoms with van der Waals surface area (Å²) in [5, 5.41) is 4.51. The van der Waals surface area contributed by atoms with E-state index in [4.69, 9.17) is 9.47 Å². The Labute approximate surface area is 138 Å². The lowest BCUT2D eigenvalue weighted by atomic mass is 10.2. The molecule has 0 saturated heterocycles. The first-order valence-electron chi connectivity index (χ1n) is 7.45. The van der Waals surface area contributed by atoms with E-state index in [1.165, 1.54) is 16.1 Å². The third kappa shape index (κ3) is 2.95. The standard InChI is InChI=1S/C17H17N3O2S/c1-20-6-2-3-13(20)16-9-19-17(23-16)10-18-8-12-4-5-14-15(7-12)22-11-21-14/h2-7,9,18H,8,10-11H2,1H3. The van der Waals surface area contributed by atoms with Crippen LogP contribution in [-0.4, -0.2) is 16.3 Å². The van der Waals surface area contributed by atoms with E-state index in [2.05, 4.69) is 27.0 Å². The van der Waals surface area contributed by atoms with Gasteiger partial charge in [0.15, 0.2) is 11.5 Å². The molecule has 1 N–H and O–H groups in total. The number of hydrogen-bond acceptors (Lipinski definition) is 5. The van der Waals surface area contributed by atoms with Crippen molar-refractivity contribution in [1.82, 2.24) is 14.9 Å². The fourth-order valence-electron chi connectivity index (χ4n) is 2.59. The Kier molecular flexibility index (Phi) is 3.77. The average molecular weight is 327 g/mol. The summed E-state index contributed by atoms with van der Waals surface area (Å²) in [5.41, 5.74) is 2.37. The van der Waals surface area contributed by atoms with Crippen LogP contribution in [0.4, 0.5) is 0 Å². The number of ether oxygens (including phenoxy) is 2. The first kappa shape index (κ1) is 14.3. The first-order valence-corrected chi connectivity index (χ1v) is 8.27. The number of nitrogens with one attached hydrogen (secondary N) is 1. The summed E-state index contributed by atoms with van der Waals surface area (Å²) in [7, 11) is 2.05. The van der Waals surface area contributed by atoms with Gasteiger partial charge in [0.25, 0.3) is 0 Å². The smallest absolute Gasteiger partial charge is 0.231 e. The molecule has 0 atom stereocenters. The maximum Gasteiger partial charge on any atom is 0.231 e. The minimum Gasteiger partial charge on any atom is -0.454 e. The van der Waals surface area contributed by atoms with Crippen LogP contribution < -0.4 is 14.8 Å². The molecule has 118 valence electrons. The van der Waals surface area contributed by atoms with Crippen LogP contribution in [0.15, 0.2) is 42.7 Å². The van der Waals surface area contributed by atoms with Gasteiger partial charge in [0.05, 0.1) is 10.6 Å². The van der Waals surface area contributed by atoms with Crippen LogP contribution in [0.25, 0.3) is 10.6 Å². The Balaban J connectivity index is 1.37. The highest BCUT2D eigenvalue weighted by Crippen LogP contribution is 2.32. The molecule has 1 aromatic carbocycles. The Morgan fingerprint density at radius 2 is 2.13 bits per heavy atom. The molecule has 6 heteroatoms. The van der Waals surface area contributed by atoms with Crippen LogP contribution in [0.5, 0.6) is 11.5 Å². The molecule has 0 saturated carbocycles. The van der Waals surface area contributed by atoms with Gasteiger partial charge >= 0.3 is 0 Å². The third-order valence-electron chi connectivity index (χ3n) is 3.79. The fraction of sp³-hybridized carbons (Fsp3) is 0.235. The molecule has 0 aliphatic carbocycles. The number of aromatic nitrogens is 2. The van der Waals surface area contributed by atoms with Gasteiger partial charge < -0.3 is 19.4 Å². The summed E-state index contributed by atoms with van der Waals surface area (Å²) >= 11 is 1.72. The quantitative estimate of drug-likeness (QED) is 0.782. The molecule has 0 fully saturated rings. The van der Waals surface area contributed by atoms with Crippen molar-refractivity contribution in [2.75, 3.05) is 6.79 Å². The van der Waals surface area contributed by atoms with E-state index in [1.54, 1.807) is 11.3 Å². The van der Waals surface area contributed by atoms with E-state index in [0.29, 0.717) is 6.79 Å². The van der Waals surface area contributed by atoms with E-state index in [1.807, 2.05) is 37.6 Å². The van der Waals surface area contributed by atoms with Gasteiger partial charge in [0.1, 0.15) is 5.01 Å². The molecule has 2 aromatic heterocycles. The predicted molar refractivity (Wildman–Crippen MR) is 89.6 cm³/mol. The van der Waals surface area contributed by atoms with E-state index in [9.17, 15) is 0 Å². The highest BCUT2D eigenvalue weighted by Gasteiger charge is 2.13. The number of rotatable bonds is 5. The molecular formula is C17H17N3O2S. The summed E-state index contributed by atoms with van der Waals surface area (Å²) in [6.07, 6.45) is 3.99. The zero-order chi connectivity index (χ0) is 15.6. The second-order valence-corrected chi connectivity index (χ2v) is 6.53. The summed E-state index contributed by atoms with van der Waals surface area (Å²) < 4.78 is 12.8. The molecule has 0 unspecified atom stereocenters. The lowest BCUT2D eigenvalue weighted by Crippen LogP contribution is -2.12. The van der Waals surface area contributed by atoms with Crippen molar-refractivity contribution in [3.8, 4) is 22.1 Å². The van der Waals surface area contributed by atoms with Crippen molar-refractivity contribution in [3.05, 3.63) is 53.3 Å². The molecule has 3 aromatic rings. The van der Waals surface area contributed by atoms with Gasteiger partial charge in [-0.05, 0) is 29.8 Å². The van der Waals surface area contributed by atoms with Gasteiger partial charge in [-0.25, -0.2) is 4.98 Å². The Hall–Kier alpha value is -2.31. The lowest BCUT2D eigenvalue weighted by Gasteiger charge is -2.04. The van der Waals surface area contributed by atoms with Gasteiger partial charge in [-0.2, -0.15) is 0 Å². The van der Waals surface area contributed by atoms with E-state index >= 15 is 0 Å². The molecule has 0 radical (unpaired) electrons. The topological polar surface area (TPSA) is 48.3 Å². The van der Waals surface area contributed by atoms with Gasteiger partial charge in [0.2, 0.25) is 6.79 Å². The minimum atomic E-state index is 0.313. The number of nitrogens with zero attached hydrogens (tertiary/aromatic N) is 2. The summed E-state index contributed by atoms with van der Waals surface area (Å²) in [4.78, 5) is 5.69. The van der Waals surface area contributed by atoms with Crippen molar-refractivity contribution in [3.63, 3.8) is 0 Å². The molecule has 0 spiro atoms. The second kappa shape index (κ2) is 6.06. The minimum absolute atomic E-state index is 0.313. The Morgan fingerprint density at radius 3 is 3.00 bits per heavy atom. The van der Waals surface area contributed by atoms with Crippen molar-refractivity contribution in [1.29, 1.82) is 0 Å². The summed E-state index contributed by atoms with van der Waals surface area (Å²) in [5.74, 6) is 1.64. The Bertz CT molecular complexity index is 825. The monoisotopic (exact) mass is 327 g/mol. The van der Waals surface area contributed by atoms with Crippen LogP contribution in [-0.2, 0) is 20.1 Å². The summed E-state index contributed by atoms with van der Waals surface area (Å²) in [6, 6.07) is 10.2. The average Bonchev–Trinajstić information content (AvgIpc) is 3.27. The van der Waals surface area contributed by atoms with Crippen LogP contribution in [0.3, 0.4) is 0 Å². The highest BCUT2D eigenvalue weighted by molar-refractivity contribution is 7.15. The molecule has 0 bridgehead atoms. The second-order valence-electron chi connectivity index (χ2n) is 5.41. The fourth-order valence-corrected chi connectivity index (χ4v) is 3.55. The van der Waals surface area contributed by atoms with Crippen molar-refractivity contribution in [2.24, 2.45) is 7.05 Å². The molecular weight excluding hydrogens is 310 g/mol. The van der Waals surface area contributed by atoms with Crippen LogP contribution in [0.2, 0.25) is 0 Å². The number of benzene rings is 1. The van der Waals surface area contributed by atoms with Gasteiger partial charge in [-0.1, -0.05) is 6.07 Å². The molecule has 3 heterocycles. The third-order valence-corrected chi connectivity index (χ3v) is 4.81. The summed E-state index contributed by atoms with van der Waals surface area (Å²) in [6.45, 7) is 1.84. The molecule has 1 aliphatic heterocycles. The number of aryl methyl sites for hydroxylation is 1. The maximum atomic E-state index is 5.40. The number of thiazole rings is 1. The van der Waals surface area contributed by atoms with Gasteiger partial charge in [0, 0.05) is 32.5 Å². The highest BCUT2D eigenvalue weighted by atomic mass is 32.1. The molecule has 5 nitrogen and oxygen atoms in total. The largest absolute Gasteiger partial charge is 0.454 e. The number of fused-ring (bicyclic) bond motifs is 1. The normalized spacial score (nSPS) is 12.7. The van der Waals surface area contributed by atoms with E-state index < -0.39 is 0 Å². The van der Waals surface area contributed by atoms with Gasteiger partial charge in [-0.15, -0.1) is 11.3 Å². The zero-order valence-electron chi connectivity index (χ0n) is 12.8. The maximum absolute atomic E-state index is 5.40. The molecule has 0 amide bonds. The van der Waals surface area contributed by atoms with Gasteiger partial charge in [-0.3, -0.25) is 0 Å². The predicted octanol–water partition coefficient (Wildman–Crippen LogP) is 3.17. The zero-order valence-corrected chi connectivity index (χ0v) is 13.6. The van der Waals surface area contributed by atoms with Crippen molar-refractivity contribution in [2.45, 2.75) is 13.1 Å². The SMILES string of the molecule is Cn1cccc1-c1cnc(CNCc2ccc3c(c2)OCO3)s1. The van der Waals surface area contributed by atoms with Crippen molar-refractivity contribution >= 4 is 11.3 Å². The molecule has 23 heavy (non-hydrogen) atoms. The van der Waals surface area contributed by atoms with Crippen LogP contribution in [0.1, 0.15) is 10.6 Å². The molecule has 1 aliphatic rings. The van der Waals surface area contributed by atoms with E-state index in [-0.39, 0.29) is 0 Å². The molecule has 4 rings (SSSR count). The first-order chi connectivity index (χ1) is 11.3. The lowest BCUT2D eigenvalue weighted by molar-refractivity contribution is 0.174. The van der Waals surface area contributed by atoms with E-state index in [0.717, 1.165) is 29.6 Å². The Morgan fingerprint density at radius 1 is 1.22 bits per heavy atom. The number of hydrogen-bond donors (Lipinski definition) is 1. The van der Waals surface area contributed by atoms with Crippen LogP contribution >= 0.6 is 11.3 Å².